The Kier molecular flexibility index (Phi) is 9.76. The first kappa shape index (κ1) is 22.3. The van der Waals surface area contributed by atoms with E-state index in [1.165, 1.54) is 16.7 Å². The zero-order chi connectivity index (χ0) is 20.2. The molecule has 1 aliphatic carbocycles. The second kappa shape index (κ2) is 11.8. The molecule has 1 heteroatoms. The zero-order valence-corrected chi connectivity index (χ0v) is 17.4. The van der Waals surface area contributed by atoms with Gasteiger partial charge in [0, 0.05) is 11.6 Å². The molecule has 1 atom stereocenters. The van der Waals surface area contributed by atoms with Crippen molar-refractivity contribution >= 4 is 0 Å². The highest BCUT2D eigenvalue weighted by atomic mass is 14.9. The van der Waals surface area contributed by atoms with Crippen LogP contribution in [0.15, 0.2) is 95.5 Å². The number of rotatable bonds is 10. The van der Waals surface area contributed by atoms with E-state index in [1.807, 2.05) is 37.3 Å². The van der Waals surface area contributed by atoms with E-state index >= 15 is 0 Å². The second-order valence-electron chi connectivity index (χ2n) is 6.88. The average Bonchev–Trinajstić information content (AvgIpc) is 3.46. The summed E-state index contributed by atoms with van der Waals surface area (Å²) in [7, 11) is 0. The van der Waals surface area contributed by atoms with Gasteiger partial charge in [0.25, 0.3) is 0 Å². The smallest absolute Gasteiger partial charge is 0.0892 e. The highest BCUT2D eigenvalue weighted by Crippen LogP contribution is 2.28. The molecule has 1 nitrogen and oxygen atoms in total. The third-order valence-electron chi connectivity index (χ3n) is 4.34. The van der Waals surface area contributed by atoms with E-state index in [1.54, 1.807) is 0 Å². The maximum atomic E-state index is 5.68. The van der Waals surface area contributed by atoms with Gasteiger partial charge in [-0.3, -0.25) is 0 Å². The lowest BCUT2D eigenvalue weighted by Crippen LogP contribution is -2.17. The Labute approximate surface area is 166 Å². The van der Waals surface area contributed by atoms with Crippen LogP contribution in [0.1, 0.15) is 41.0 Å². The van der Waals surface area contributed by atoms with E-state index in [-0.39, 0.29) is 0 Å². The minimum Gasteiger partial charge on any atom is -0.352 e. The minimum atomic E-state index is 0.322. The highest BCUT2D eigenvalue weighted by molar-refractivity contribution is 5.52. The van der Waals surface area contributed by atoms with Crippen molar-refractivity contribution < 1.29 is 0 Å². The Hall–Kier alpha value is -2.72. The van der Waals surface area contributed by atoms with Crippen LogP contribution < -0.4 is 5.32 Å². The van der Waals surface area contributed by atoms with Gasteiger partial charge in [-0.25, -0.2) is 0 Å². The molecule has 0 fully saturated rings. The number of allylic oxidation sites excluding steroid dienone is 15. The third kappa shape index (κ3) is 8.01. The van der Waals surface area contributed by atoms with Crippen molar-refractivity contribution in [2.75, 3.05) is 0 Å². The van der Waals surface area contributed by atoms with Gasteiger partial charge >= 0.3 is 0 Å². The van der Waals surface area contributed by atoms with E-state index in [0.29, 0.717) is 11.8 Å². The largest absolute Gasteiger partial charge is 0.352 e. The van der Waals surface area contributed by atoms with Crippen molar-refractivity contribution in [3.05, 3.63) is 95.5 Å². The van der Waals surface area contributed by atoms with Gasteiger partial charge in [0.15, 0.2) is 0 Å². The maximum Gasteiger partial charge on any atom is 0.0892 e. The van der Waals surface area contributed by atoms with E-state index < -0.39 is 0 Å². The van der Waals surface area contributed by atoms with Crippen LogP contribution in [0.2, 0.25) is 0 Å². The fraction of sp³-hybridized carbons (Fsp3) is 0.308. The van der Waals surface area contributed by atoms with Gasteiger partial charge in [-0.05, 0) is 55.1 Å². The van der Waals surface area contributed by atoms with Crippen molar-refractivity contribution in [1.29, 1.82) is 0 Å². The van der Waals surface area contributed by atoms with Crippen molar-refractivity contribution in [2.24, 2.45) is 11.8 Å². The molecule has 0 heterocycles. The molecule has 0 aromatic carbocycles. The molecular formula is C26H33N. The molecule has 1 rings (SSSR count). The van der Waals surface area contributed by atoms with Gasteiger partial charge in [-0.2, -0.15) is 0 Å². The predicted molar refractivity (Wildman–Crippen MR) is 121 cm³/mol. The summed E-state index contributed by atoms with van der Waals surface area (Å²) in [6.45, 7) is 14.5. The lowest BCUT2D eigenvalue weighted by Gasteiger charge is -2.20. The lowest BCUT2D eigenvalue weighted by atomic mass is 9.89. The predicted octanol–water partition coefficient (Wildman–Crippen LogP) is 6.79. The molecule has 27 heavy (non-hydrogen) atoms. The quantitative estimate of drug-likeness (QED) is 0.334. The van der Waals surface area contributed by atoms with Crippen LogP contribution in [0.4, 0.5) is 0 Å². The fourth-order valence-corrected chi connectivity index (χ4v) is 2.65. The highest BCUT2D eigenvalue weighted by Gasteiger charge is 2.14. The summed E-state index contributed by atoms with van der Waals surface area (Å²) in [4.78, 5) is 0. The van der Waals surface area contributed by atoms with Crippen molar-refractivity contribution in [3.63, 3.8) is 0 Å². The molecule has 0 bridgehead atoms. The summed E-state index contributed by atoms with van der Waals surface area (Å²) in [6.07, 6.45) is 27.4. The van der Waals surface area contributed by atoms with Crippen LogP contribution >= 0.6 is 0 Å². The summed E-state index contributed by atoms with van der Waals surface area (Å²) in [5.74, 6) is 3.38. The van der Waals surface area contributed by atoms with Gasteiger partial charge in [-0.15, -0.1) is 6.42 Å². The van der Waals surface area contributed by atoms with Crippen LogP contribution in [0, 0.1) is 24.2 Å². The normalized spacial score (nSPS) is 16.6. The van der Waals surface area contributed by atoms with E-state index in [9.17, 15) is 0 Å². The molecular weight excluding hydrogens is 326 g/mol. The van der Waals surface area contributed by atoms with Crippen LogP contribution in [-0.2, 0) is 0 Å². The molecule has 1 aliphatic rings. The number of nitrogens with one attached hydrogen (secondary N) is 1. The van der Waals surface area contributed by atoms with E-state index in [0.717, 1.165) is 17.8 Å². The van der Waals surface area contributed by atoms with Crippen LogP contribution in [0.3, 0.4) is 0 Å². The van der Waals surface area contributed by atoms with Crippen molar-refractivity contribution in [2.45, 2.75) is 41.0 Å². The van der Waals surface area contributed by atoms with Crippen LogP contribution in [0.25, 0.3) is 0 Å². The topological polar surface area (TPSA) is 12.0 Å². The molecule has 0 spiro atoms. The average molecular weight is 360 g/mol. The summed E-state index contributed by atoms with van der Waals surface area (Å²) in [6, 6.07) is 0. The number of terminal acetylenes is 1. The number of hydrogen-bond acceptors (Lipinski definition) is 1. The Bertz CT molecular complexity index is 760. The first-order valence-electron chi connectivity index (χ1n) is 9.64. The summed E-state index contributed by atoms with van der Waals surface area (Å²) < 4.78 is 0. The molecule has 0 saturated carbocycles. The molecule has 0 aromatic rings. The Morgan fingerprint density at radius 2 is 2.00 bits per heavy atom. The van der Waals surface area contributed by atoms with E-state index in [4.69, 9.17) is 6.42 Å². The molecule has 0 amide bonds. The van der Waals surface area contributed by atoms with Crippen LogP contribution in [0.5, 0.6) is 0 Å². The lowest BCUT2D eigenvalue weighted by molar-refractivity contribution is 0.689. The van der Waals surface area contributed by atoms with Gasteiger partial charge in [0.2, 0.25) is 0 Å². The zero-order valence-electron chi connectivity index (χ0n) is 17.4. The molecule has 0 aliphatic heterocycles. The second-order valence-corrected chi connectivity index (χ2v) is 6.88. The van der Waals surface area contributed by atoms with Crippen LogP contribution in [-0.4, -0.2) is 0 Å². The molecule has 1 unspecified atom stereocenters. The van der Waals surface area contributed by atoms with Crippen molar-refractivity contribution in [3.8, 4) is 12.3 Å². The minimum absolute atomic E-state index is 0.322. The monoisotopic (exact) mass is 359 g/mol. The van der Waals surface area contributed by atoms with Crippen molar-refractivity contribution in [1.82, 2.24) is 5.32 Å². The molecule has 0 saturated heterocycles. The van der Waals surface area contributed by atoms with Gasteiger partial charge < -0.3 is 5.32 Å². The van der Waals surface area contributed by atoms with Gasteiger partial charge in [-0.1, -0.05) is 81.9 Å². The summed E-state index contributed by atoms with van der Waals surface area (Å²) >= 11 is 0. The summed E-state index contributed by atoms with van der Waals surface area (Å²) in [5, 5.41) is 3.45. The third-order valence-corrected chi connectivity index (χ3v) is 4.34. The van der Waals surface area contributed by atoms with Gasteiger partial charge in [0.05, 0.1) is 5.70 Å². The Balaban J connectivity index is 3.39. The standard InChI is InChI=1S/C26H33N/c1-8-12-14-23(10-3)25(21(7)18-22-16-17-22)19-26(20(5)6)27-24(11-4)15-13-9-2/h4,8-9,12-20,23,27H,1,10H2,2-3,5-7H3/b13-9-,14-12-,24-15+,25-21-,26-19+. The Morgan fingerprint density at radius 1 is 1.30 bits per heavy atom. The maximum absolute atomic E-state index is 5.68. The fourth-order valence-electron chi connectivity index (χ4n) is 2.65. The Morgan fingerprint density at radius 3 is 2.48 bits per heavy atom. The molecule has 142 valence electrons. The SMILES string of the molecule is C#C/C(=C\C=C/C)N/C(=C/C(=C(\C)C=C1C=C1)C(/C=C\C=C)CC)C(C)C. The first-order chi connectivity index (χ1) is 13.0. The first-order valence-corrected chi connectivity index (χ1v) is 9.64. The molecule has 1 N–H and O–H groups in total. The molecule has 0 radical (unpaired) electrons. The number of hydrogen-bond donors (Lipinski definition) is 1. The van der Waals surface area contributed by atoms with E-state index in [2.05, 4.69) is 75.9 Å². The van der Waals surface area contributed by atoms with Gasteiger partial charge in [0.1, 0.15) is 0 Å². The molecule has 0 aromatic heterocycles. The summed E-state index contributed by atoms with van der Waals surface area (Å²) in [5.41, 5.74) is 5.75.